The minimum Gasteiger partial charge on any atom is -0.374 e. The highest BCUT2D eigenvalue weighted by molar-refractivity contribution is 4.81. The maximum Gasteiger partial charge on any atom is 0.0804 e. The van der Waals surface area contributed by atoms with Gasteiger partial charge in [-0.2, -0.15) is 0 Å². The Morgan fingerprint density at radius 3 is 1.75 bits per heavy atom. The van der Waals surface area contributed by atoms with Crippen molar-refractivity contribution in [2.45, 2.75) is 77.7 Å². The van der Waals surface area contributed by atoms with Crippen LogP contribution in [0.2, 0.25) is 0 Å². The van der Waals surface area contributed by atoms with Crippen molar-refractivity contribution in [3.63, 3.8) is 0 Å². The Bertz CT molecular complexity index is 140. The van der Waals surface area contributed by atoms with Crippen LogP contribution in [0.1, 0.15) is 72.1 Å². The number of hydrogen-bond acceptors (Lipinski definition) is 2. The summed E-state index contributed by atoms with van der Waals surface area (Å²) in [5, 5.41) is 0. The molecule has 0 saturated carbocycles. The van der Waals surface area contributed by atoms with Gasteiger partial charge in [0.1, 0.15) is 0 Å². The summed E-state index contributed by atoms with van der Waals surface area (Å²) in [7, 11) is 0. The molecular weight excluding hydrogens is 198 g/mol. The average Bonchev–Trinajstić information content (AvgIpc) is 2.32. The number of unbranched alkanes of at least 4 members (excludes halogenated alkanes) is 3. The highest BCUT2D eigenvalue weighted by Crippen LogP contribution is 2.25. The molecule has 0 aliphatic rings. The smallest absolute Gasteiger partial charge is 0.0804 e. The summed E-state index contributed by atoms with van der Waals surface area (Å²) in [6, 6.07) is 0. The SMILES string of the molecule is CCCCOC(CN)(CCCC)CCCC. The molecule has 0 amide bonds. The second kappa shape index (κ2) is 10.1. The van der Waals surface area contributed by atoms with Crippen molar-refractivity contribution in [2.24, 2.45) is 5.73 Å². The van der Waals surface area contributed by atoms with E-state index in [-0.39, 0.29) is 5.60 Å². The predicted octanol–water partition coefficient (Wildman–Crippen LogP) is 3.88. The Morgan fingerprint density at radius 2 is 1.38 bits per heavy atom. The van der Waals surface area contributed by atoms with Gasteiger partial charge in [0.05, 0.1) is 5.60 Å². The lowest BCUT2D eigenvalue weighted by molar-refractivity contribution is -0.0544. The Kier molecular flexibility index (Phi) is 10.0. The number of rotatable bonds is 11. The summed E-state index contributed by atoms with van der Waals surface area (Å²) >= 11 is 0. The van der Waals surface area contributed by atoms with E-state index in [1.165, 1.54) is 32.1 Å². The van der Waals surface area contributed by atoms with Crippen LogP contribution in [-0.2, 0) is 4.74 Å². The molecule has 0 saturated heterocycles. The van der Waals surface area contributed by atoms with Crippen molar-refractivity contribution >= 4 is 0 Å². The van der Waals surface area contributed by atoms with Gasteiger partial charge in [-0.05, 0) is 19.3 Å². The van der Waals surface area contributed by atoms with E-state index in [1.54, 1.807) is 0 Å². The second-order valence-corrected chi connectivity index (χ2v) is 4.80. The molecule has 0 aromatic carbocycles. The monoisotopic (exact) mass is 229 g/mol. The molecule has 0 rings (SSSR count). The van der Waals surface area contributed by atoms with Crippen LogP contribution in [0.15, 0.2) is 0 Å². The van der Waals surface area contributed by atoms with Gasteiger partial charge >= 0.3 is 0 Å². The van der Waals surface area contributed by atoms with Crippen LogP contribution in [0.25, 0.3) is 0 Å². The van der Waals surface area contributed by atoms with E-state index in [0.29, 0.717) is 6.54 Å². The van der Waals surface area contributed by atoms with Crippen molar-refractivity contribution in [1.82, 2.24) is 0 Å². The van der Waals surface area contributed by atoms with Crippen molar-refractivity contribution in [3.8, 4) is 0 Å². The maximum absolute atomic E-state index is 6.10. The van der Waals surface area contributed by atoms with Gasteiger partial charge in [0, 0.05) is 13.2 Å². The molecule has 0 aliphatic carbocycles. The van der Waals surface area contributed by atoms with Crippen LogP contribution in [0.3, 0.4) is 0 Å². The molecule has 0 radical (unpaired) electrons. The van der Waals surface area contributed by atoms with Gasteiger partial charge in [0.2, 0.25) is 0 Å². The molecule has 0 unspecified atom stereocenters. The van der Waals surface area contributed by atoms with Gasteiger partial charge in [0.15, 0.2) is 0 Å². The predicted molar refractivity (Wildman–Crippen MR) is 71.7 cm³/mol. The van der Waals surface area contributed by atoms with Crippen LogP contribution in [0.4, 0.5) is 0 Å². The minimum absolute atomic E-state index is 0.0266. The third-order valence-corrected chi connectivity index (χ3v) is 3.25. The number of hydrogen-bond donors (Lipinski definition) is 1. The highest BCUT2D eigenvalue weighted by atomic mass is 16.5. The first-order valence-corrected chi connectivity index (χ1v) is 7.08. The van der Waals surface area contributed by atoms with E-state index >= 15 is 0 Å². The Hall–Kier alpha value is -0.0800. The maximum atomic E-state index is 6.10. The quantitative estimate of drug-likeness (QED) is 0.546. The molecule has 2 heteroatoms. The average molecular weight is 229 g/mol. The lowest BCUT2D eigenvalue weighted by Crippen LogP contribution is -2.41. The molecule has 0 aliphatic heterocycles. The largest absolute Gasteiger partial charge is 0.374 e. The molecule has 0 aromatic heterocycles. The van der Waals surface area contributed by atoms with Crippen LogP contribution >= 0.6 is 0 Å². The molecule has 0 aromatic rings. The lowest BCUT2D eigenvalue weighted by Gasteiger charge is -2.33. The highest BCUT2D eigenvalue weighted by Gasteiger charge is 2.27. The first-order valence-electron chi connectivity index (χ1n) is 7.08. The fraction of sp³-hybridized carbons (Fsp3) is 1.00. The number of ether oxygens (including phenoxy) is 1. The fourth-order valence-corrected chi connectivity index (χ4v) is 1.96. The van der Waals surface area contributed by atoms with E-state index in [4.69, 9.17) is 10.5 Å². The standard InChI is InChI=1S/C14H31NO/c1-4-7-10-14(13-15,11-8-5-2)16-12-9-6-3/h4-13,15H2,1-3H3. The summed E-state index contributed by atoms with van der Waals surface area (Å²) in [6.45, 7) is 8.21. The Labute approximate surface area is 102 Å². The van der Waals surface area contributed by atoms with Crippen LogP contribution in [0, 0.1) is 0 Å². The molecule has 16 heavy (non-hydrogen) atoms. The molecule has 0 fully saturated rings. The van der Waals surface area contributed by atoms with Gasteiger partial charge in [-0.15, -0.1) is 0 Å². The van der Waals surface area contributed by atoms with Gasteiger partial charge in [-0.3, -0.25) is 0 Å². The van der Waals surface area contributed by atoms with Gasteiger partial charge in [0.25, 0.3) is 0 Å². The summed E-state index contributed by atoms with van der Waals surface area (Å²) in [5.74, 6) is 0. The lowest BCUT2D eigenvalue weighted by atomic mass is 9.90. The summed E-state index contributed by atoms with van der Waals surface area (Å²) in [4.78, 5) is 0. The van der Waals surface area contributed by atoms with E-state index in [1.807, 2.05) is 0 Å². The summed E-state index contributed by atoms with van der Waals surface area (Å²) in [5.41, 5.74) is 5.92. The molecule has 0 atom stereocenters. The first kappa shape index (κ1) is 15.9. The Morgan fingerprint density at radius 1 is 0.875 bits per heavy atom. The molecule has 0 heterocycles. The van der Waals surface area contributed by atoms with E-state index in [9.17, 15) is 0 Å². The van der Waals surface area contributed by atoms with Gasteiger partial charge in [-0.1, -0.05) is 52.9 Å². The van der Waals surface area contributed by atoms with E-state index in [2.05, 4.69) is 20.8 Å². The molecule has 2 N–H and O–H groups in total. The zero-order valence-corrected chi connectivity index (χ0v) is 11.6. The van der Waals surface area contributed by atoms with Crippen LogP contribution < -0.4 is 5.73 Å². The normalized spacial score (nSPS) is 12.0. The minimum atomic E-state index is -0.0266. The number of nitrogens with two attached hydrogens (primary N) is 1. The Balaban J connectivity index is 4.16. The van der Waals surface area contributed by atoms with Crippen LogP contribution in [0.5, 0.6) is 0 Å². The zero-order chi connectivity index (χ0) is 12.3. The summed E-state index contributed by atoms with van der Waals surface area (Å²) < 4.78 is 6.10. The molecule has 0 bridgehead atoms. The van der Waals surface area contributed by atoms with E-state index in [0.717, 1.165) is 25.9 Å². The second-order valence-electron chi connectivity index (χ2n) is 4.80. The van der Waals surface area contributed by atoms with Crippen LogP contribution in [-0.4, -0.2) is 18.8 Å². The summed E-state index contributed by atoms with van der Waals surface area (Å²) in [6.07, 6.45) is 9.52. The third-order valence-electron chi connectivity index (χ3n) is 3.25. The van der Waals surface area contributed by atoms with Gasteiger partial charge in [-0.25, -0.2) is 0 Å². The third kappa shape index (κ3) is 6.49. The fourth-order valence-electron chi connectivity index (χ4n) is 1.96. The van der Waals surface area contributed by atoms with Crippen molar-refractivity contribution in [1.29, 1.82) is 0 Å². The van der Waals surface area contributed by atoms with E-state index < -0.39 is 0 Å². The zero-order valence-electron chi connectivity index (χ0n) is 11.6. The molecule has 2 nitrogen and oxygen atoms in total. The molecule has 0 spiro atoms. The van der Waals surface area contributed by atoms with Crippen molar-refractivity contribution in [3.05, 3.63) is 0 Å². The first-order chi connectivity index (χ1) is 7.74. The van der Waals surface area contributed by atoms with Gasteiger partial charge < -0.3 is 10.5 Å². The van der Waals surface area contributed by atoms with Crippen molar-refractivity contribution < 1.29 is 4.74 Å². The van der Waals surface area contributed by atoms with Crippen molar-refractivity contribution in [2.75, 3.05) is 13.2 Å². The topological polar surface area (TPSA) is 35.2 Å². The molecule has 98 valence electrons. The molecular formula is C14H31NO.